The average Bonchev–Trinajstić information content (AvgIpc) is 2.55. The molecule has 2 N–H and O–H groups in total. The zero-order valence-corrected chi connectivity index (χ0v) is 12.4. The van der Waals surface area contributed by atoms with Crippen molar-refractivity contribution in [2.75, 3.05) is 0 Å². The second-order valence-corrected chi connectivity index (χ2v) is 4.99. The first-order valence-electron chi connectivity index (χ1n) is 7.05. The molecule has 0 saturated carbocycles. The monoisotopic (exact) mass is 321 g/mol. The molecule has 2 aromatic rings. The van der Waals surface area contributed by atoms with Gasteiger partial charge in [-0.05, 0) is 30.2 Å². The van der Waals surface area contributed by atoms with E-state index in [1.807, 2.05) is 0 Å². The molecule has 122 valence electrons. The van der Waals surface area contributed by atoms with Crippen LogP contribution < -0.4 is 10.1 Å². The van der Waals surface area contributed by atoms with Gasteiger partial charge < -0.3 is 15.2 Å². The number of carbonyl (C=O) groups is 1. The van der Waals surface area contributed by atoms with Gasteiger partial charge in [-0.25, -0.2) is 0 Å². The summed E-state index contributed by atoms with van der Waals surface area (Å²) in [7, 11) is 0. The molecule has 2 atom stereocenters. The van der Waals surface area contributed by atoms with Crippen LogP contribution in [0.1, 0.15) is 30.2 Å². The molecule has 6 heteroatoms. The van der Waals surface area contributed by atoms with Gasteiger partial charge in [0.25, 0.3) is 5.91 Å². The number of rotatable bonds is 6. The van der Waals surface area contributed by atoms with Gasteiger partial charge in [0.15, 0.2) is 6.10 Å². The molecule has 0 spiro atoms. The van der Waals surface area contributed by atoms with Crippen LogP contribution in [0, 0.1) is 0 Å². The Hall–Kier alpha value is -2.47. The van der Waals surface area contributed by atoms with Gasteiger partial charge in [-0.1, -0.05) is 42.5 Å². The van der Waals surface area contributed by atoms with Crippen molar-refractivity contribution in [3.05, 3.63) is 65.7 Å². The Bertz CT molecular complexity index is 632. The maximum atomic E-state index is 12.1. The predicted molar refractivity (Wildman–Crippen MR) is 81.0 cm³/mol. The van der Waals surface area contributed by atoms with Crippen molar-refractivity contribution < 1.29 is 23.4 Å². The number of benzene rings is 2. The number of aliphatic hydroxyl groups is 1. The smallest absolute Gasteiger partial charge is 0.387 e. The SMILES string of the molecule is CC(NC(=O)C(O)c1ccccc1)c1ccc(OC(F)F)cc1. The van der Waals surface area contributed by atoms with Crippen molar-refractivity contribution in [3.8, 4) is 5.75 Å². The third-order valence-electron chi connectivity index (χ3n) is 3.33. The summed E-state index contributed by atoms with van der Waals surface area (Å²) in [6.45, 7) is -1.14. The standard InChI is InChI=1S/C17H17F2NO3/c1-11(12-7-9-14(10-8-12)23-17(18)19)20-16(22)15(21)13-5-3-2-4-6-13/h2-11,15,17,21H,1H3,(H,20,22). The van der Waals surface area contributed by atoms with E-state index in [9.17, 15) is 18.7 Å². The van der Waals surface area contributed by atoms with Crippen LogP contribution in [0.15, 0.2) is 54.6 Å². The lowest BCUT2D eigenvalue weighted by molar-refractivity contribution is -0.130. The van der Waals surface area contributed by atoms with Crippen molar-refractivity contribution in [2.45, 2.75) is 25.7 Å². The van der Waals surface area contributed by atoms with Crippen LogP contribution in [-0.2, 0) is 4.79 Å². The van der Waals surface area contributed by atoms with Crippen LogP contribution >= 0.6 is 0 Å². The fourth-order valence-corrected chi connectivity index (χ4v) is 2.10. The second-order valence-electron chi connectivity index (χ2n) is 4.99. The first-order chi connectivity index (χ1) is 11.0. The van der Waals surface area contributed by atoms with Gasteiger partial charge in [-0.2, -0.15) is 8.78 Å². The Labute approximate surface area is 132 Å². The molecule has 0 saturated heterocycles. The summed E-state index contributed by atoms with van der Waals surface area (Å²) in [5.74, 6) is -0.483. The zero-order valence-electron chi connectivity index (χ0n) is 12.4. The van der Waals surface area contributed by atoms with E-state index in [0.29, 0.717) is 11.1 Å². The minimum atomic E-state index is -2.88. The number of alkyl halides is 2. The molecule has 0 aliphatic heterocycles. The Morgan fingerprint density at radius 1 is 1.04 bits per heavy atom. The normalized spacial score (nSPS) is 13.4. The Morgan fingerprint density at radius 2 is 1.65 bits per heavy atom. The van der Waals surface area contributed by atoms with Gasteiger partial charge in [0.05, 0.1) is 6.04 Å². The third-order valence-corrected chi connectivity index (χ3v) is 3.33. The minimum Gasteiger partial charge on any atom is -0.435 e. The van der Waals surface area contributed by atoms with Gasteiger partial charge in [0.1, 0.15) is 5.75 Å². The van der Waals surface area contributed by atoms with Crippen LogP contribution in [0.5, 0.6) is 5.75 Å². The Kier molecular flexibility index (Phi) is 5.65. The number of amides is 1. The van der Waals surface area contributed by atoms with Gasteiger partial charge in [-0.3, -0.25) is 4.79 Å². The average molecular weight is 321 g/mol. The topological polar surface area (TPSA) is 58.6 Å². The molecule has 0 aliphatic carbocycles. The second kappa shape index (κ2) is 7.69. The molecule has 0 radical (unpaired) electrons. The first-order valence-corrected chi connectivity index (χ1v) is 7.05. The molecule has 1 amide bonds. The fraction of sp³-hybridized carbons (Fsp3) is 0.235. The van der Waals surface area contributed by atoms with Gasteiger partial charge in [0.2, 0.25) is 0 Å². The summed E-state index contributed by atoms with van der Waals surface area (Å²) in [6.07, 6.45) is -1.26. The lowest BCUT2D eigenvalue weighted by Crippen LogP contribution is -2.31. The highest BCUT2D eigenvalue weighted by Gasteiger charge is 2.19. The third kappa shape index (κ3) is 4.75. The van der Waals surface area contributed by atoms with Crippen molar-refractivity contribution in [1.82, 2.24) is 5.32 Å². The minimum absolute atomic E-state index is 0.0478. The van der Waals surface area contributed by atoms with E-state index >= 15 is 0 Å². The summed E-state index contributed by atoms with van der Waals surface area (Å²) in [6, 6.07) is 14.1. The number of halogens is 2. The molecule has 0 aromatic heterocycles. The van der Waals surface area contributed by atoms with Gasteiger partial charge >= 0.3 is 6.61 Å². The molecule has 0 fully saturated rings. The number of aliphatic hydroxyl groups excluding tert-OH is 1. The largest absolute Gasteiger partial charge is 0.435 e. The quantitative estimate of drug-likeness (QED) is 0.859. The molecule has 0 bridgehead atoms. The molecular weight excluding hydrogens is 304 g/mol. The number of ether oxygens (including phenoxy) is 1. The molecule has 23 heavy (non-hydrogen) atoms. The Balaban J connectivity index is 1.98. The van der Waals surface area contributed by atoms with E-state index in [1.165, 1.54) is 12.1 Å². The van der Waals surface area contributed by atoms with E-state index in [0.717, 1.165) is 0 Å². The van der Waals surface area contributed by atoms with Crippen LogP contribution in [-0.4, -0.2) is 17.6 Å². The van der Waals surface area contributed by atoms with Crippen LogP contribution in [0.25, 0.3) is 0 Å². The summed E-state index contributed by atoms with van der Waals surface area (Å²) >= 11 is 0. The molecule has 0 aliphatic rings. The van der Waals surface area contributed by atoms with Crippen LogP contribution in [0.2, 0.25) is 0 Å². The predicted octanol–water partition coefficient (Wildman–Crippen LogP) is 3.20. The lowest BCUT2D eigenvalue weighted by atomic mass is 10.1. The molecule has 4 nitrogen and oxygen atoms in total. The lowest BCUT2D eigenvalue weighted by Gasteiger charge is -2.18. The fourth-order valence-electron chi connectivity index (χ4n) is 2.10. The highest BCUT2D eigenvalue weighted by atomic mass is 19.3. The number of hydrogen-bond donors (Lipinski definition) is 2. The van der Waals surface area contributed by atoms with Gasteiger partial charge in [0, 0.05) is 0 Å². The molecule has 2 aromatic carbocycles. The highest BCUT2D eigenvalue weighted by molar-refractivity contribution is 5.82. The van der Waals surface area contributed by atoms with Crippen molar-refractivity contribution >= 4 is 5.91 Å². The first kappa shape index (κ1) is 16.9. The van der Waals surface area contributed by atoms with Crippen molar-refractivity contribution in [1.29, 1.82) is 0 Å². The summed E-state index contributed by atoms with van der Waals surface area (Å²) in [5, 5.41) is 12.7. The highest BCUT2D eigenvalue weighted by Crippen LogP contribution is 2.20. The molecule has 2 unspecified atom stereocenters. The van der Waals surface area contributed by atoms with E-state index in [2.05, 4.69) is 10.1 Å². The molecule has 0 heterocycles. The van der Waals surface area contributed by atoms with E-state index in [1.54, 1.807) is 49.4 Å². The molecular formula is C17H17F2NO3. The van der Waals surface area contributed by atoms with E-state index in [4.69, 9.17) is 0 Å². The van der Waals surface area contributed by atoms with E-state index < -0.39 is 18.6 Å². The zero-order chi connectivity index (χ0) is 16.8. The summed E-state index contributed by atoms with van der Waals surface area (Å²) < 4.78 is 28.5. The number of carbonyl (C=O) groups excluding carboxylic acids is 1. The Morgan fingerprint density at radius 3 is 2.22 bits per heavy atom. The van der Waals surface area contributed by atoms with Gasteiger partial charge in [-0.15, -0.1) is 0 Å². The van der Waals surface area contributed by atoms with Crippen LogP contribution in [0.4, 0.5) is 8.78 Å². The van der Waals surface area contributed by atoms with Crippen molar-refractivity contribution in [2.24, 2.45) is 0 Å². The summed E-state index contributed by atoms with van der Waals surface area (Å²) in [5.41, 5.74) is 1.21. The van der Waals surface area contributed by atoms with E-state index in [-0.39, 0.29) is 11.8 Å². The number of nitrogens with one attached hydrogen (secondary N) is 1. The molecule has 2 rings (SSSR count). The van der Waals surface area contributed by atoms with Crippen molar-refractivity contribution in [3.63, 3.8) is 0 Å². The maximum absolute atomic E-state index is 12.1. The van der Waals surface area contributed by atoms with Crippen LogP contribution in [0.3, 0.4) is 0 Å². The summed E-state index contributed by atoms with van der Waals surface area (Å²) in [4.78, 5) is 12.1. The number of hydrogen-bond acceptors (Lipinski definition) is 3. The maximum Gasteiger partial charge on any atom is 0.387 e.